The maximum Gasteiger partial charge on any atom is 0.160 e. The molecule has 3 atom stereocenters. The Hall–Kier alpha value is -2.44. The Kier molecular flexibility index (Phi) is 5.22. The smallest absolute Gasteiger partial charge is 0.160 e. The first-order chi connectivity index (χ1) is 15.0. The van der Waals surface area contributed by atoms with Crippen LogP contribution < -0.4 is 4.74 Å². The fourth-order valence-corrected chi connectivity index (χ4v) is 6.01. The molecule has 5 nitrogen and oxygen atoms in total. The van der Waals surface area contributed by atoms with Crippen LogP contribution in [0.2, 0.25) is 5.02 Å². The van der Waals surface area contributed by atoms with Crippen LogP contribution in [0.25, 0.3) is 5.69 Å². The van der Waals surface area contributed by atoms with E-state index in [1.807, 2.05) is 48.3 Å². The molecule has 4 heterocycles. The standard InChI is InChI=1S/C24H25ClN4OS/c1-14-11-18(16(3)29(14)20-12-17(25)8-9-21(20)30-4)23-22(19-7-5-6-10-26-19)27-24-28(23)13-15(2)31-24/h5-12,15,22-23H,13H2,1-4H3/t15-,22+,23-/m0/s1. The molecule has 1 fully saturated rings. The first-order valence-electron chi connectivity index (χ1n) is 10.4. The molecule has 160 valence electrons. The molecule has 5 rings (SSSR count). The molecule has 3 aromatic rings. The van der Waals surface area contributed by atoms with Crippen molar-refractivity contribution in [3.63, 3.8) is 0 Å². The fraction of sp³-hybridized carbons (Fsp3) is 0.333. The third kappa shape index (κ3) is 3.42. The lowest BCUT2D eigenvalue weighted by molar-refractivity contribution is 0.320. The zero-order chi connectivity index (χ0) is 21.7. The lowest BCUT2D eigenvalue weighted by Gasteiger charge is -2.27. The van der Waals surface area contributed by atoms with Gasteiger partial charge in [0.25, 0.3) is 0 Å². The lowest BCUT2D eigenvalue weighted by Crippen LogP contribution is -2.28. The van der Waals surface area contributed by atoms with Gasteiger partial charge in [-0.15, -0.1) is 0 Å². The Morgan fingerprint density at radius 2 is 2.00 bits per heavy atom. The number of pyridine rings is 1. The third-order valence-corrected chi connectivity index (χ3v) is 7.39. The second-order valence-electron chi connectivity index (χ2n) is 8.11. The number of benzene rings is 1. The van der Waals surface area contributed by atoms with Crippen molar-refractivity contribution in [3.8, 4) is 11.4 Å². The van der Waals surface area contributed by atoms with Gasteiger partial charge in [0, 0.05) is 34.4 Å². The number of methoxy groups -OCH3 is 1. The molecule has 0 bridgehead atoms. The third-order valence-electron chi connectivity index (χ3n) is 6.05. The molecule has 31 heavy (non-hydrogen) atoms. The van der Waals surface area contributed by atoms with Gasteiger partial charge in [0.15, 0.2) is 5.17 Å². The molecule has 2 aromatic heterocycles. The molecule has 1 aromatic carbocycles. The summed E-state index contributed by atoms with van der Waals surface area (Å²) in [5, 5.41) is 2.34. The van der Waals surface area contributed by atoms with E-state index < -0.39 is 0 Å². The number of halogens is 1. The molecule has 0 saturated carbocycles. The van der Waals surface area contributed by atoms with Crippen LogP contribution in [0.4, 0.5) is 0 Å². The van der Waals surface area contributed by atoms with Crippen molar-refractivity contribution in [1.82, 2.24) is 14.5 Å². The van der Waals surface area contributed by atoms with E-state index in [0.717, 1.165) is 34.5 Å². The summed E-state index contributed by atoms with van der Waals surface area (Å²) in [7, 11) is 1.69. The highest BCUT2D eigenvalue weighted by Crippen LogP contribution is 2.49. The number of amidine groups is 1. The average molecular weight is 453 g/mol. The molecule has 2 aliphatic rings. The van der Waals surface area contributed by atoms with Crippen molar-refractivity contribution in [2.24, 2.45) is 4.99 Å². The minimum absolute atomic E-state index is 0.0218. The Balaban J connectivity index is 1.65. The summed E-state index contributed by atoms with van der Waals surface area (Å²) in [4.78, 5) is 12.2. The maximum absolute atomic E-state index is 6.35. The van der Waals surface area contributed by atoms with E-state index >= 15 is 0 Å². The van der Waals surface area contributed by atoms with Gasteiger partial charge >= 0.3 is 0 Å². The number of aryl methyl sites for hydroxylation is 1. The summed E-state index contributed by atoms with van der Waals surface area (Å²) in [6, 6.07) is 14.2. The highest BCUT2D eigenvalue weighted by atomic mass is 35.5. The van der Waals surface area contributed by atoms with Crippen LogP contribution in [0.1, 0.15) is 41.7 Å². The molecule has 2 aliphatic heterocycles. The van der Waals surface area contributed by atoms with Crippen LogP contribution >= 0.6 is 23.4 Å². The van der Waals surface area contributed by atoms with Crippen LogP contribution in [0.5, 0.6) is 5.75 Å². The minimum Gasteiger partial charge on any atom is -0.495 e. The summed E-state index contributed by atoms with van der Waals surface area (Å²) < 4.78 is 7.88. The van der Waals surface area contributed by atoms with Crippen LogP contribution in [0.15, 0.2) is 53.7 Å². The molecule has 0 spiro atoms. The predicted molar refractivity (Wildman–Crippen MR) is 128 cm³/mol. The van der Waals surface area contributed by atoms with Gasteiger partial charge in [-0.1, -0.05) is 36.4 Å². The normalized spacial score (nSPS) is 22.5. The van der Waals surface area contributed by atoms with E-state index in [4.69, 9.17) is 21.3 Å². The Morgan fingerprint density at radius 3 is 2.74 bits per heavy atom. The van der Waals surface area contributed by atoms with Gasteiger partial charge in [0.05, 0.1) is 24.5 Å². The number of rotatable bonds is 4. The van der Waals surface area contributed by atoms with E-state index in [2.05, 4.69) is 47.4 Å². The second-order valence-corrected chi connectivity index (χ2v) is 9.96. The number of ether oxygens (including phenoxy) is 1. The second kappa shape index (κ2) is 7.92. The van der Waals surface area contributed by atoms with E-state index in [1.165, 1.54) is 11.3 Å². The van der Waals surface area contributed by atoms with E-state index in [9.17, 15) is 0 Å². The van der Waals surface area contributed by atoms with Crippen LogP contribution in [0, 0.1) is 13.8 Å². The van der Waals surface area contributed by atoms with Crippen LogP contribution in [-0.2, 0) is 0 Å². The summed E-state index contributed by atoms with van der Waals surface area (Å²) in [5.41, 5.74) is 5.54. The minimum atomic E-state index is -0.0218. The fourth-order valence-electron chi connectivity index (χ4n) is 4.75. The number of nitrogens with zero attached hydrogens (tertiary/aromatic N) is 4. The van der Waals surface area contributed by atoms with Gasteiger partial charge < -0.3 is 14.2 Å². The number of fused-ring (bicyclic) bond motifs is 1. The maximum atomic E-state index is 6.35. The van der Waals surface area contributed by atoms with Crippen LogP contribution in [0.3, 0.4) is 0 Å². The highest BCUT2D eigenvalue weighted by Gasteiger charge is 2.44. The summed E-state index contributed by atoms with van der Waals surface area (Å²) in [6.45, 7) is 7.55. The molecular weight excluding hydrogens is 428 g/mol. The monoisotopic (exact) mass is 452 g/mol. The Bertz CT molecular complexity index is 1160. The topological polar surface area (TPSA) is 42.6 Å². The largest absolute Gasteiger partial charge is 0.495 e. The van der Waals surface area contributed by atoms with Gasteiger partial charge in [-0.2, -0.15) is 0 Å². The van der Waals surface area contributed by atoms with Gasteiger partial charge in [-0.25, -0.2) is 0 Å². The molecule has 0 unspecified atom stereocenters. The highest BCUT2D eigenvalue weighted by molar-refractivity contribution is 8.14. The Labute approximate surface area is 192 Å². The Morgan fingerprint density at radius 1 is 1.16 bits per heavy atom. The molecule has 0 radical (unpaired) electrons. The van der Waals surface area contributed by atoms with E-state index in [1.54, 1.807) is 7.11 Å². The molecule has 0 amide bonds. The van der Waals surface area contributed by atoms with Crippen molar-refractivity contribution in [3.05, 3.63) is 76.3 Å². The summed E-state index contributed by atoms with van der Waals surface area (Å²) >= 11 is 8.21. The SMILES string of the molecule is COc1ccc(Cl)cc1-n1c(C)cc([C@H]2[C@@H](c3ccccn3)N=C3S[C@@H](C)CN32)c1C. The van der Waals surface area contributed by atoms with E-state index in [-0.39, 0.29) is 12.1 Å². The van der Waals surface area contributed by atoms with Gasteiger partial charge in [-0.3, -0.25) is 9.98 Å². The van der Waals surface area contributed by atoms with E-state index in [0.29, 0.717) is 10.3 Å². The summed E-state index contributed by atoms with van der Waals surface area (Å²) in [6.07, 6.45) is 1.85. The number of aliphatic imine (C=N–C) groups is 1. The van der Waals surface area contributed by atoms with Crippen LogP contribution in [-0.4, -0.2) is 38.5 Å². The summed E-state index contributed by atoms with van der Waals surface area (Å²) in [5.74, 6) is 0.799. The van der Waals surface area contributed by atoms with Gasteiger partial charge in [0.2, 0.25) is 0 Å². The number of hydrogen-bond donors (Lipinski definition) is 0. The average Bonchev–Trinajstić information content (AvgIpc) is 3.38. The molecule has 1 saturated heterocycles. The predicted octanol–water partition coefficient (Wildman–Crippen LogP) is 5.74. The number of thioether (sulfide) groups is 1. The molecule has 0 N–H and O–H groups in total. The van der Waals surface area contributed by atoms with Crippen molar-refractivity contribution < 1.29 is 4.74 Å². The first-order valence-corrected chi connectivity index (χ1v) is 11.7. The first kappa shape index (κ1) is 20.5. The molecule has 0 aliphatic carbocycles. The van der Waals surface area contributed by atoms with Gasteiger partial charge in [-0.05, 0) is 55.8 Å². The number of aromatic nitrogens is 2. The van der Waals surface area contributed by atoms with Gasteiger partial charge in [0.1, 0.15) is 11.8 Å². The molecular formula is C24H25ClN4OS. The van der Waals surface area contributed by atoms with Crippen molar-refractivity contribution in [2.75, 3.05) is 13.7 Å². The zero-order valence-corrected chi connectivity index (χ0v) is 19.6. The van der Waals surface area contributed by atoms with Crippen molar-refractivity contribution in [2.45, 2.75) is 38.1 Å². The molecule has 7 heteroatoms. The zero-order valence-electron chi connectivity index (χ0n) is 18.0. The van der Waals surface area contributed by atoms with Crippen molar-refractivity contribution in [1.29, 1.82) is 0 Å². The lowest BCUT2D eigenvalue weighted by atomic mass is 9.96. The number of hydrogen-bond acceptors (Lipinski definition) is 5. The quantitative estimate of drug-likeness (QED) is 0.506. The van der Waals surface area contributed by atoms with Crippen molar-refractivity contribution >= 4 is 28.5 Å².